The van der Waals surface area contributed by atoms with Gasteiger partial charge in [0.15, 0.2) is 5.03 Å². The lowest BCUT2D eigenvalue weighted by atomic mass is 10.2. The Morgan fingerprint density at radius 2 is 1.89 bits per heavy atom. The molecule has 1 aromatic carbocycles. The molecule has 0 aliphatic carbocycles. The number of hydrogen-bond acceptors (Lipinski definition) is 9. The molecule has 1 aliphatic rings. The molecule has 1 aliphatic heterocycles. The predicted octanol–water partition coefficient (Wildman–Crippen LogP) is 3.70. The van der Waals surface area contributed by atoms with E-state index in [0.717, 1.165) is 17.3 Å². The predicted molar refractivity (Wildman–Crippen MR) is 144 cm³/mol. The fourth-order valence-electron chi connectivity index (χ4n) is 3.66. The second kappa shape index (κ2) is 10.7. The van der Waals surface area contributed by atoms with Crippen molar-refractivity contribution in [2.75, 3.05) is 6.54 Å². The number of carbonyl (C=O) groups excluding carboxylic acids is 1. The van der Waals surface area contributed by atoms with Crippen LogP contribution in [0, 0.1) is 0 Å². The molecule has 186 valence electrons. The third kappa shape index (κ3) is 5.19. The van der Waals surface area contributed by atoms with Crippen LogP contribution in [0.1, 0.15) is 18.4 Å². The van der Waals surface area contributed by atoms with Gasteiger partial charge in [0, 0.05) is 24.7 Å². The summed E-state index contributed by atoms with van der Waals surface area (Å²) in [6.45, 7) is 0.185. The van der Waals surface area contributed by atoms with Crippen LogP contribution in [-0.2, 0) is 9.59 Å². The Balaban J connectivity index is 1.55. The molecule has 1 saturated heterocycles. The molecule has 1 fully saturated rings. The molecule has 1 amide bonds. The number of fused-ring (bicyclic) bond motifs is 1. The van der Waals surface area contributed by atoms with E-state index in [-0.39, 0.29) is 41.3 Å². The Morgan fingerprint density at radius 1 is 1.11 bits per heavy atom. The van der Waals surface area contributed by atoms with Crippen LogP contribution in [0.3, 0.4) is 0 Å². The molecule has 0 atom stereocenters. The first-order valence-corrected chi connectivity index (χ1v) is 13.1. The molecule has 4 heterocycles. The highest BCUT2D eigenvalue weighted by molar-refractivity contribution is 8.26. The number of benzene rings is 1. The van der Waals surface area contributed by atoms with Crippen LogP contribution in [0.4, 0.5) is 0 Å². The Kier molecular flexibility index (Phi) is 7.17. The highest BCUT2D eigenvalue weighted by atomic mass is 32.2. The summed E-state index contributed by atoms with van der Waals surface area (Å²) in [7, 11) is 0. The van der Waals surface area contributed by atoms with Gasteiger partial charge < -0.3 is 5.11 Å². The largest absolute Gasteiger partial charge is 0.481 e. The van der Waals surface area contributed by atoms with E-state index in [9.17, 15) is 14.4 Å². The average Bonchev–Trinajstić information content (AvgIpc) is 3.46. The number of carboxylic acids is 1. The van der Waals surface area contributed by atoms with E-state index >= 15 is 0 Å². The summed E-state index contributed by atoms with van der Waals surface area (Å²) in [6.07, 6.45) is 3.30. The van der Waals surface area contributed by atoms with Gasteiger partial charge in [-0.1, -0.05) is 60.4 Å². The van der Waals surface area contributed by atoms with Crippen molar-refractivity contribution in [2.24, 2.45) is 0 Å². The number of aromatic nitrogens is 5. The van der Waals surface area contributed by atoms with E-state index in [2.05, 4.69) is 20.4 Å². The maximum Gasteiger partial charge on any atom is 0.303 e. The van der Waals surface area contributed by atoms with Gasteiger partial charge in [0.25, 0.3) is 11.5 Å². The van der Waals surface area contributed by atoms with Crippen LogP contribution in [0.2, 0.25) is 0 Å². The van der Waals surface area contributed by atoms with Gasteiger partial charge in [-0.2, -0.15) is 10.3 Å². The number of H-pyrrole nitrogens is 1. The van der Waals surface area contributed by atoms with E-state index in [1.165, 1.54) is 27.1 Å². The zero-order chi connectivity index (χ0) is 25.9. The molecule has 5 rings (SSSR count). The summed E-state index contributed by atoms with van der Waals surface area (Å²) in [5, 5.41) is 21.0. The summed E-state index contributed by atoms with van der Waals surface area (Å²) in [6, 6.07) is 14.7. The number of carbonyl (C=O) groups is 2. The summed E-state index contributed by atoms with van der Waals surface area (Å²) in [4.78, 5) is 43.8. The second-order valence-corrected chi connectivity index (χ2v) is 10.5. The number of nitrogens with one attached hydrogen (secondary N) is 1. The van der Waals surface area contributed by atoms with Gasteiger partial charge in [-0.05, 0) is 36.4 Å². The number of aliphatic carboxylic acids is 1. The lowest BCUT2D eigenvalue weighted by molar-refractivity contribution is -0.137. The van der Waals surface area contributed by atoms with Gasteiger partial charge in [0.1, 0.15) is 20.7 Å². The van der Waals surface area contributed by atoms with Crippen LogP contribution in [0.25, 0.3) is 23.0 Å². The standard InChI is InChI=1S/C24H18N6O4S3/c31-18(32)10-6-12-30-23(34)16(36-24(30)35)13-15-20(25-17-9-4-5-11-29(17)22(15)33)37-21-19(26-28-27-21)14-7-2-1-3-8-14/h1-5,7-9,11,13H,6,10,12H2,(H,31,32)(H,26,27,28). The number of nitrogens with zero attached hydrogens (tertiary/aromatic N) is 5. The first-order valence-electron chi connectivity index (χ1n) is 11.0. The molecule has 0 bridgehead atoms. The van der Waals surface area contributed by atoms with Gasteiger partial charge in [-0.15, -0.1) is 5.10 Å². The van der Waals surface area contributed by atoms with Gasteiger partial charge in [-0.3, -0.25) is 23.7 Å². The number of hydrogen-bond donors (Lipinski definition) is 2. The Hall–Kier alpha value is -3.81. The zero-order valence-corrected chi connectivity index (χ0v) is 21.5. The maximum absolute atomic E-state index is 13.5. The number of thiocarbonyl (C=S) groups is 1. The summed E-state index contributed by atoms with van der Waals surface area (Å²) >= 11 is 7.59. The second-order valence-electron chi connectivity index (χ2n) is 7.84. The molecule has 3 aromatic heterocycles. The Labute approximate surface area is 223 Å². The van der Waals surface area contributed by atoms with Crippen molar-refractivity contribution < 1.29 is 14.7 Å². The number of pyridine rings is 1. The van der Waals surface area contributed by atoms with Gasteiger partial charge in [0.2, 0.25) is 0 Å². The summed E-state index contributed by atoms with van der Waals surface area (Å²) < 4.78 is 1.72. The van der Waals surface area contributed by atoms with Crippen LogP contribution < -0.4 is 5.56 Å². The molecular weight excluding hydrogens is 533 g/mol. The van der Waals surface area contributed by atoms with Crippen LogP contribution >= 0.6 is 35.7 Å². The number of rotatable bonds is 8. The monoisotopic (exact) mass is 550 g/mol. The van der Waals surface area contributed by atoms with E-state index in [4.69, 9.17) is 17.3 Å². The quantitative estimate of drug-likeness (QED) is 0.190. The van der Waals surface area contributed by atoms with Crippen molar-refractivity contribution in [3.8, 4) is 11.3 Å². The zero-order valence-electron chi connectivity index (χ0n) is 19.0. The molecule has 13 heteroatoms. The smallest absolute Gasteiger partial charge is 0.303 e. The molecule has 0 spiro atoms. The van der Waals surface area contributed by atoms with Crippen molar-refractivity contribution >= 4 is 63.7 Å². The minimum atomic E-state index is -0.944. The van der Waals surface area contributed by atoms with Gasteiger partial charge >= 0.3 is 5.97 Å². The molecule has 0 radical (unpaired) electrons. The first kappa shape index (κ1) is 24.9. The van der Waals surface area contributed by atoms with E-state index in [1.807, 2.05) is 30.3 Å². The van der Waals surface area contributed by atoms with Crippen molar-refractivity contribution in [2.45, 2.75) is 22.9 Å². The third-order valence-corrected chi connectivity index (χ3v) is 7.77. The van der Waals surface area contributed by atoms with Gasteiger partial charge in [-0.25, -0.2) is 4.98 Å². The SMILES string of the molecule is O=C(O)CCCN1C(=O)C(=Cc2c(Sc3n[nH]nc3-c3ccccc3)nc3ccccn3c2=O)SC1=S. The Morgan fingerprint density at radius 3 is 2.68 bits per heavy atom. The maximum atomic E-state index is 13.5. The van der Waals surface area contributed by atoms with Gasteiger partial charge in [0.05, 0.1) is 10.5 Å². The number of thioether (sulfide) groups is 1. The minimum absolute atomic E-state index is 0.0751. The highest BCUT2D eigenvalue weighted by Crippen LogP contribution is 2.36. The number of aromatic amines is 1. The molecular formula is C24H18N6O4S3. The topological polar surface area (TPSA) is 134 Å². The minimum Gasteiger partial charge on any atom is -0.481 e. The fourth-order valence-corrected chi connectivity index (χ4v) is 5.88. The van der Waals surface area contributed by atoms with Crippen molar-refractivity contribution in [1.29, 1.82) is 0 Å². The Bertz CT molecular complexity index is 1620. The number of carboxylic acid groups (broad SMARTS) is 1. The molecule has 10 nitrogen and oxygen atoms in total. The molecule has 0 saturated carbocycles. The summed E-state index contributed by atoms with van der Waals surface area (Å²) in [5.41, 5.74) is 1.75. The van der Waals surface area contributed by atoms with Crippen molar-refractivity contribution in [3.63, 3.8) is 0 Å². The first-order chi connectivity index (χ1) is 17.9. The van der Waals surface area contributed by atoms with Crippen molar-refractivity contribution in [3.05, 3.63) is 75.6 Å². The number of amides is 1. The van der Waals surface area contributed by atoms with E-state index in [0.29, 0.717) is 25.7 Å². The van der Waals surface area contributed by atoms with E-state index < -0.39 is 5.97 Å². The van der Waals surface area contributed by atoms with Crippen molar-refractivity contribution in [1.82, 2.24) is 29.7 Å². The normalized spacial score (nSPS) is 14.7. The lowest BCUT2D eigenvalue weighted by Gasteiger charge is -2.13. The molecule has 4 aromatic rings. The van der Waals surface area contributed by atoms with Crippen LogP contribution in [0.5, 0.6) is 0 Å². The average molecular weight is 551 g/mol. The summed E-state index contributed by atoms with van der Waals surface area (Å²) in [5.74, 6) is -1.32. The molecule has 37 heavy (non-hydrogen) atoms. The third-order valence-electron chi connectivity index (χ3n) is 5.41. The van der Waals surface area contributed by atoms with E-state index in [1.54, 1.807) is 24.4 Å². The fraction of sp³-hybridized carbons (Fsp3) is 0.125. The molecule has 0 unspecified atom stereocenters. The van der Waals surface area contributed by atoms with Crippen LogP contribution in [0.15, 0.2) is 74.5 Å². The lowest BCUT2D eigenvalue weighted by Crippen LogP contribution is -2.29. The molecule has 2 N–H and O–H groups in total. The van der Waals surface area contributed by atoms with Crippen LogP contribution in [-0.4, -0.2) is 57.5 Å². The highest BCUT2D eigenvalue weighted by Gasteiger charge is 2.32.